The molecular formula is C13H14F2N2O. The van der Waals surface area contributed by atoms with Crippen LogP contribution in [-0.4, -0.2) is 11.6 Å². The van der Waals surface area contributed by atoms with E-state index in [0.717, 1.165) is 6.07 Å². The molecule has 0 fully saturated rings. The van der Waals surface area contributed by atoms with Gasteiger partial charge in [-0.05, 0) is 19.1 Å². The third-order valence-corrected chi connectivity index (χ3v) is 2.91. The van der Waals surface area contributed by atoms with Crippen LogP contribution in [0.5, 0.6) is 0 Å². The number of halogens is 2. The summed E-state index contributed by atoms with van der Waals surface area (Å²) >= 11 is 0. The van der Waals surface area contributed by atoms with Gasteiger partial charge in [0.15, 0.2) is 5.66 Å². The van der Waals surface area contributed by atoms with E-state index in [2.05, 4.69) is 10.3 Å². The van der Waals surface area contributed by atoms with Crippen LogP contribution in [0.1, 0.15) is 26.3 Å². The molecule has 3 nitrogen and oxygen atoms in total. The van der Waals surface area contributed by atoms with Gasteiger partial charge in [-0.3, -0.25) is 9.79 Å². The van der Waals surface area contributed by atoms with Gasteiger partial charge < -0.3 is 5.32 Å². The fourth-order valence-electron chi connectivity index (χ4n) is 1.97. The molecule has 96 valence electrons. The summed E-state index contributed by atoms with van der Waals surface area (Å²) in [5.74, 6) is -1.70. The average molecular weight is 252 g/mol. The van der Waals surface area contributed by atoms with Crippen molar-refractivity contribution in [2.75, 3.05) is 0 Å². The van der Waals surface area contributed by atoms with E-state index in [1.807, 2.05) is 13.8 Å². The number of benzene rings is 1. The van der Waals surface area contributed by atoms with Gasteiger partial charge in [0.1, 0.15) is 17.3 Å². The first-order valence-corrected chi connectivity index (χ1v) is 5.70. The first-order chi connectivity index (χ1) is 8.32. The normalized spacial score (nSPS) is 23.2. The van der Waals surface area contributed by atoms with Gasteiger partial charge in [0.2, 0.25) is 0 Å². The number of carbonyl (C=O) groups excluding carboxylic acids is 1. The maximum atomic E-state index is 13.2. The summed E-state index contributed by atoms with van der Waals surface area (Å²) in [5.41, 5.74) is -0.411. The Morgan fingerprint density at radius 3 is 2.22 bits per heavy atom. The molecule has 1 aromatic rings. The lowest BCUT2D eigenvalue weighted by atomic mass is 10.0. The Kier molecular flexibility index (Phi) is 2.92. The fourth-order valence-corrected chi connectivity index (χ4v) is 1.97. The van der Waals surface area contributed by atoms with Gasteiger partial charge in [0.25, 0.3) is 5.91 Å². The van der Waals surface area contributed by atoms with Gasteiger partial charge >= 0.3 is 0 Å². The van der Waals surface area contributed by atoms with E-state index in [-0.39, 0.29) is 11.8 Å². The second-order valence-corrected chi connectivity index (χ2v) is 4.84. The van der Waals surface area contributed by atoms with Crippen molar-refractivity contribution < 1.29 is 13.6 Å². The van der Waals surface area contributed by atoms with Crippen molar-refractivity contribution in [1.29, 1.82) is 0 Å². The van der Waals surface area contributed by atoms with Crippen molar-refractivity contribution in [3.63, 3.8) is 0 Å². The Morgan fingerprint density at radius 1 is 1.22 bits per heavy atom. The number of hydrogen-bond donors (Lipinski definition) is 1. The summed E-state index contributed by atoms with van der Waals surface area (Å²) < 4.78 is 26.4. The highest BCUT2D eigenvalue weighted by atomic mass is 19.1. The maximum absolute atomic E-state index is 13.2. The van der Waals surface area contributed by atoms with E-state index in [9.17, 15) is 13.6 Å². The summed E-state index contributed by atoms with van der Waals surface area (Å²) in [5, 5.41) is 2.66. The van der Waals surface area contributed by atoms with Gasteiger partial charge in [-0.1, -0.05) is 13.8 Å². The topological polar surface area (TPSA) is 41.5 Å². The van der Waals surface area contributed by atoms with Gasteiger partial charge in [-0.2, -0.15) is 0 Å². The molecule has 1 amide bonds. The lowest BCUT2D eigenvalue weighted by molar-refractivity contribution is -0.115. The Hall–Kier alpha value is -1.78. The monoisotopic (exact) mass is 252 g/mol. The zero-order chi connectivity index (χ0) is 13.5. The highest BCUT2D eigenvalue weighted by Gasteiger charge is 2.37. The summed E-state index contributed by atoms with van der Waals surface area (Å²) in [7, 11) is 0. The minimum atomic E-state index is -1.10. The van der Waals surface area contributed by atoms with E-state index in [1.165, 1.54) is 12.1 Å². The number of amides is 1. The highest BCUT2D eigenvalue weighted by molar-refractivity contribution is 6.41. The summed E-state index contributed by atoms with van der Waals surface area (Å²) in [6, 6.07) is 3.14. The maximum Gasteiger partial charge on any atom is 0.267 e. The van der Waals surface area contributed by atoms with Crippen LogP contribution in [0.4, 0.5) is 8.78 Å². The number of hydrogen-bond acceptors (Lipinski definition) is 2. The van der Waals surface area contributed by atoms with E-state index in [0.29, 0.717) is 11.3 Å². The Bertz CT molecular complexity index is 520. The number of nitrogens with one attached hydrogen (secondary N) is 1. The molecule has 2 rings (SSSR count). The summed E-state index contributed by atoms with van der Waals surface area (Å²) in [6.07, 6.45) is 0. The van der Waals surface area contributed by atoms with Crippen LogP contribution in [0.15, 0.2) is 23.2 Å². The lowest BCUT2D eigenvalue weighted by Gasteiger charge is -2.21. The average Bonchev–Trinajstić information content (AvgIpc) is 2.54. The van der Waals surface area contributed by atoms with Crippen LogP contribution < -0.4 is 5.32 Å². The Labute approximate surface area is 104 Å². The summed E-state index contributed by atoms with van der Waals surface area (Å²) in [4.78, 5) is 16.0. The van der Waals surface area contributed by atoms with Crippen molar-refractivity contribution in [2.45, 2.75) is 26.4 Å². The van der Waals surface area contributed by atoms with Crippen LogP contribution >= 0.6 is 0 Å². The molecule has 1 aliphatic rings. The van der Waals surface area contributed by atoms with Crippen LogP contribution in [0.25, 0.3) is 0 Å². The second-order valence-electron chi connectivity index (χ2n) is 4.84. The smallest absolute Gasteiger partial charge is 0.267 e. The van der Waals surface area contributed by atoms with Crippen molar-refractivity contribution in [3.8, 4) is 0 Å². The fraction of sp³-hybridized carbons (Fsp3) is 0.385. The Morgan fingerprint density at radius 2 is 1.78 bits per heavy atom. The molecule has 5 heteroatoms. The van der Waals surface area contributed by atoms with E-state index in [1.54, 1.807) is 6.92 Å². The summed E-state index contributed by atoms with van der Waals surface area (Å²) in [6.45, 7) is 5.31. The quantitative estimate of drug-likeness (QED) is 0.862. The second kappa shape index (κ2) is 4.15. The molecule has 0 aromatic heterocycles. The Balaban J connectivity index is 2.47. The first kappa shape index (κ1) is 12.7. The molecule has 0 saturated carbocycles. The molecule has 0 bridgehead atoms. The SMILES string of the molecule is CC(C)C1=N[C@](C)(c2cc(F)cc(F)c2)NC1=O. The molecule has 0 unspecified atom stereocenters. The molecule has 1 atom stereocenters. The standard InChI is InChI=1S/C13H14F2N2O/c1-7(2)11-12(18)17-13(3,16-11)8-4-9(14)6-10(15)5-8/h4-7H,1-3H3,(H,17,18)/t13-/m0/s1. The van der Waals surface area contributed by atoms with Crippen molar-refractivity contribution >= 4 is 11.6 Å². The van der Waals surface area contributed by atoms with Gasteiger partial charge in [0, 0.05) is 17.5 Å². The molecule has 0 spiro atoms. The first-order valence-electron chi connectivity index (χ1n) is 5.70. The minimum Gasteiger partial charge on any atom is -0.323 e. The van der Waals surface area contributed by atoms with E-state index >= 15 is 0 Å². The molecule has 0 saturated heterocycles. The predicted molar refractivity (Wildman–Crippen MR) is 64.1 cm³/mol. The molecule has 1 N–H and O–H groups in total. The van der Waals surface area contributed by atoms with Crippen LogP contribution in [0.3, 0.4) is 0 Å². The lowest BCUT2D eigenvalue weighted by Crippen LogP contribution is -2.38. The molecule has 1 heterocycles. The molecule has 0 aliphatic carbocycles. The zero-order valence-corrected chi connectivity index (χ0v) is 10.4. The molecule has 0 radical (unpaired) electrons. The molecule has 1 aromatic carbocycles. The highest BCUT2D eigenvalue weighted by Crippen LogP contribution is 2.29. The number of carbonyl (C=O) groups is 1. The number of nitrogens with zero attached hydrogens (tertiary/aromatic N) is 1. The van der Waals surface area contributed by atoms with E-state index in [4.69, 9.17) is 0 Å². The van der Waals surface area contributed by atoms with Gasteiger partial charge in [0.05, 0.1) is 0 Å². The minimum absolute atomic E-state index is 0.0368. The van der Waals surface area contributed by atoms with Crippen LogP contribution in [0, 0.1) is 17.6 Å². The van der Waals surface area contributed by atoms with Crippen molar-refractivity contribution in [2.24, 2.45) is 10.9 Å². The molecule has 1 aliphatic heterocycles. The molecular weight excluding hydrogens is 238 g/mol. The largest absolute Gasteiger partial charge is 0.323 e. The van der Waals surface area contributed by atoms with Crippen LogP contribution in [0.2, 0.25) is 0 Å². The van der Waals surface area contributed by atoms with Gasteiger partial charge in [-0.25, -0.2) is 8.78 Å². The van der Waals surface area contributed by atoms with Gasteiger partial charge in [-0.15, -0.1) is 0 Å². The van der Waals surface area contributed by atoms with Crippen molar-refractivity contribution in [1.82, 2.24) is 5.32 Å². The third kappa shape index (κ3) is 2.12. The zero-order valence-electron chi connectivity index (χ0n) is 10.4. The number of rotatable bonds is 2. The van der Waals surface area contributed by atoms with Crippen LogP contribution in [-0.2, 0) is 10.5 Å². The van der Waals surface area contributed by atoms with E-state index < -0.39 is 17.3 Å². The predicted octanol–water partition coefficient (Wildman–Crippen LogP) is 2.36. The molecule has 18 heavy (non-hydrogen) atoms. The number of aliphatic imine (C=N–C) groups is 1. The van der Waals surface area contributed by atoms with Crippen molar-refractivity contribution in [3.05, 3.63) is 35.4 Å². The third-order valence-electron chi connectivity index (χ3n) is 2.91.